The van der Waals surface area contributed by atoms with Crippen LogP contribution in [0.3, 0.4) is 0 Å². The number of anilines is 2. The lowest BCUT2D eigenvalue weighted by Crippen LogP contribution is -2.42. The van der Waals surface area contributed by atoms with Crippen LogP contribution in [0.15, 0.2) is 41.4 Å². The minimum atomic E-state index is -0.253. The Hall–Kier alpha value is -3.15. The van der Waals surface area contributed by atoms with Gasteiger partial charge in [0.2, 0.25) is 11.8 Å². The Morgan fingerprint density at radius 3 is 2.83 bits per heavy atom. The van der Waals surface area contributed by atoms with Crippen LogP contribution in [0.1, 0.15) is 30.4 Å². The average molecular weight is 391 g/mol. The number of rotatable bonds is 4. The van der Waals surface area contributed by atoms with Gasteiger partial charge in [-0.25, -0.2) is 0 Å². The van der Waals surface area contributed by atoms with E-state index in [1.165, 1.54) is 0 Å². The molecular weight excluding hydrogens is 366 g/mol. The molecule has 0 aromatic heterocycles. The molecule has 0 bridgehead atoms. The number of nitrogens with zero attached hydrogens (tertiary/aromatic N) is 2. The van der Waals surface area contributed by atoms with Crippen molar-refractivity contribution in [3.05, 3.63) is 47.5 Å². The minimum absolute atomic E-state index is 0.0379. The van der Waals surface area contributed by atoms with Crippen LogP contribution in [0, 0.1) is 19.8 Å². The molecule has 1 atom stereocenters. The van der Waals surface area contributed by atoms with Crippen LogP contribution in [0.4, 0.5) is 17.1 Å². The standard InChI is InChI=1S/C23H25N3O3/c1-14-10-20-21(11-15(14)2)26(23(28)18-8-5-9-19(18)25-20)13-22(27)24-16-6-4-7-17(12-16)29-3/h4,6-7,10-12,18H,5,8-9,13H2,1-3H3,(H,24,27)/t18-/m0/s1. The molecule has 1 heterocycles. The molecule has 1 aliphatic carbocycles. The van der Waals surface area contributed by atoms with Gasteiger partial charge >= 0.3 is 0 Å². The van der Waals surface area contributed by atoms with Crippen molar-refractivity contribution >= 4 is 34.6 Å². The quantitative estimate of drug-likeness (QED) is 0.850. The summed E-state index contributed by atoms with van der Waals surface area (Å²) >= 11 is 0. The first-order valence-electron chi connectivity index (χ1n) is 9.90. The number of amides is 2. The molecule has 1 aliphatic heterocycles. The summed E-state index contributed by atoms with van der Waals surface area (Å²) in [7, 11) is 1.58. The summed E-state index contributed by atoms with van der Waals surface area (Å²) in [4.78, 5) is 32.6. The third kappa shape index (κ3) is 3.75. The number of carbonyl (C=O) groups is 2. The van der Waals surface area contributed by atoms with Gasteiger partial charge in [-0.1, -0.05) is 6.07 Å². The van der Waals surface area contributed by atoms with Crippen molar-refractivity contribution in [3.63, 3.8) is 0 Å². The second-order valence-electron chi connectivity index (χ2n) is 7.68. The summed E-state index contributed by atoms with van der Waals surface area (Å²) in [5.74, 6) is 0.142. The van der Waals surface area contributed by atoms with E-state index in [9.17, 15) is 9.59 Å². The van der Waals surface area contributed by atoms with E-state index in [4.69, 9.17) is 9.73 Å². The Labute approximate surface area is 170 Å². The van der Waals surface area contributed by atoms with Crippen molar-refractivity contribution in [1.29, 1.82) is 0 Å². The Bertz CT molecular complexity index is 1010. The third-order valence-corrected chi connectivity index (χ3v) is 5.69. The van der Waals surface area contributed by atoms with Crippen LogP contribution in [-0.2, 0) is 9.59 Å². The van der Waals surface area contributed by atoms with Gasteiger partial charge in [0, 0.05) is 17.5 Å². The van der Waals surface area contributed by atoms with Crippen LogP contribution in [0.2, 0.25) is 0 Å². The summed E-state index contributed by atoms with van der Waals surface area (Å²) in [5, 5.41) is 2.87. The zero-order valence-corrected chi connectivity index (χ0v) is 17.0. The fraction of sp³-hybridized carbons (Fsp3) is 0.348. The van der Waals surface area contributed by atoms with Crippen molar-refractivity contribution in [2.45, 2.75) is 33.1 Å². The number of hydrogen-bond donors (Lipinski definition) is 1. The number of aliphatic imine (C=N–C) groups is 1. The molecule has 1 N–H and O–H groups in total. The number of aryl methyl sites for hydroxylation is 2. The van der Waals surface area contributed by atoms with Crippen LogP contribution in [-0.4, -0.2) is 31.2 Å². The Morgan fingerprint density at radius 2 is 2.03 bits per heavy atom. The molecule has 0 spiro atoms. The maximum Gasteiger partial charge on any atom is 0.244 e. The highest BCUT2D eigenvalue weighted by atomic mass is 16.5. The van der Waals surface area contributed by atoms with Crippen LogP contribution in [0.25, 0.3) is 0 Å². The fourth-order valence-corrected chi connectivity index (χ4v) is 3.99. The number of carbonyl (C=O) groups excluding carboxylic acids is 2. The number of benzene rings is 2. The molecule has 4 rings (SSSR count). The zero-order valence-electron chi connectivity index (χ0n) is 17.0. The molecule has 6 nitrogen and oxygen atoms in total. The fourth-order valence-electron chi connectivity index (χ4n) is 3.99. The first-order valence-corrected chi connectivity index (χ1v) is 9.90. The largest absolute Gasteiger partial charge is 0.497 e. The maximum atomic E-state index is 13.3. The van der Waals surface area contributed by atoms with E-state index >= 15 is 0 Å². The minimum Gasteiger partial charge on any atom is -0.497 e. The van der Waals surface area contributed by atoms with E-state index in [1.807, 2.05) is 38.1 Å². The van der Waals surface area contributed by atoms with Crippen molar-refractivity contribution in [3.8, 4) is 5.75 Å². The molecule has 0 radical (unpaired) electrons. The molecule has 2 amide bonds. The predicted octanol–water partition coefficient (Wildman–Crippen LogP) is 4.17. The molecule has 6 heteroatoms. The summed E-state index contributed by atoms with van der Waals surface area (Å²) in [5.41, 5.74) is 5.25. The van der Waals surface area contributed by atoms with Crippen LogP contribution in [0.5, 0.6) is 5.75 Å². The summed E-state index contributed by atoms with van der Waals surface area (Å²) in [6.07, 6.45) is 2.59. The second kappa shape index (κ2) is 7.70. The number of nitrogens with one attached hydrogen (secondary N) is 1. The topological polar surface area (TPSA) is 71.0 Å². The average Bonchev–Trinajstić information content (AvgIpc) is 3.13. The molecule has 0 saturated heterocycles. The molecule has 1 fully saturated rings. The van der Waals surface area contributed by atoms with Crippen molar-refractivity contribution in [2.75, 3.05) is 23.9 Å². The van der Waals surface area contributed by atoms with Crippen molar-refractivity contribution < 1.29 is 14.3 Å². The monoisotopic (exact) mass is 391 g/mol. The van der Waals surface area contributed by atoms with E-state index < -0.39 is 0 Å². The number of hydrogen-bond acceptors (Lipinski definition) is 4. The highest BCUT2D eigenvalue weighted by molar-refractivity contribution is 6.17. The van der Waals surface area contributed by atoms with E-state index in [0.717, 1.165) is 41.8 Å². The molecule has 1 saturated carbocycles. The SMILES string of the molecule is COc1cccc(NC(=O)CN2C(=O)[C@H]3CCCC3=Nc3cc(C)c(C)cc32)c1. The van der Waals surface area contributed by atoms with Crippen LogP contribution >= 0.6 is 0 Å². The van der Waals surface area contributed by atoms with Crippen molar-refractivity contribution in [1.82, 2.24) is 0 Å². The Kier molecular flexibility index (Phi) is 5.09. The van der Waals surface area contributed by atoms with Gasteiger partial charge in [0.25, 0.3) is 0 Å². The lowest BCUT2D eigenvalue weighted by molar-refractivity contribution is -0.122. The lowest BCUT2D eigenvalue weighted by atomic mass is 10.0. The summed E-state index contributed by atoms with van der Waals surface area (Å²) < 4.78 is 5.21. The van der Waals surface area contributed by atoms with Gasteiger partial charge < -0.3 is 15.0 Å². The van der Waals surface area contributed by atoms with Gasteiger partial charge in [-0.2, -0.15) is 0 Å². The van der Waals surface area contributed by atoms with Crippen molar-refractivity contribution in [2.24, 2.45) is 10.9 Å². The zero-order chi connectivity index (χ0) is 20.5. The summed E-state index contributed by atoms with van der Waals surface area (Å²) in [6.45, 7) is 3.99. The number of ether oxygens (including phenoxy) is 1. The van der Waals surface area contributed by atoms with E-state index in [-0.39, 0.29) is 24.3 Å². The molecule has 2 aromatic rings. The molecule has 2 aromatic carbocycles. The Morgan fingerprint density at radius 1 is 1.24 bits per heavy atom. The molecule has 150 valence electrons. The molecule has 29 heavy (non-hydrogen) atoms. The Balaban J connectivity index is 1.64. The third-order valence-electron chi connectivity index (χ3n) is 5.69. The van der Waals surface area contributed by atoms with Gasteiger partial charge in [0.05, 0.1) is 24.4 Å². The smallest absolute Gasteiger partial charge is 0.244 e. The highest BCUT2D eigenvalue weighted by Crippen LogP contribution is 2.39. The first-order chi connectivity index (χ1) is 14.0. The number of fused-ring (bicyclic) bond motifs is 2. The van der Waals surface area contributed by atoms with Gasteiger partial charge in [-0.3, -0.25) is 14.6 Å². The second-order valence-corrected chi connectivity index (χ2v) is 7.68. The normalized spacial score (nSPS) is 17.9. The van der Waals surface area contributed by atoms with Gasteiger partial charge in [0.1, 0.15) is 12.3 Å². The summed E-state index contributed by atoms with van der Waals surface area (Å²) in [6, 6.07) is 11.1. The number of methoxy groups -OCH3 is 1. The van der Waals surface area contributed by atoms with E-state index in [2.05, 4.69) is 5.32 Å². The van der Waals surface area contributed by atoms with Gasteiger partial charge in [0.15, 0.2) is 0 Å². The van der Waals surface area contributed by atoms with E-state index in [0.29, 0.717) is 17.1 Å². The van der Waals surface area contributed by atoms with Crippen LogP contribution < -0.4 is 15.0 Å². The molecule has 2 aliphatic rings. The molecule has 0 unspecified atom stereocenters. The van der Waals surface area contributed by atoms with E-state index in [1.54, 1.807) is 24.1 Å². The molecular formula is C23H25N3O3. The first kappa shape index (κ1) is 19.2. The highest BCUT2D eigenvalue weighted by Gasteiger charge is 2.37. The predicted molar refractivity (Wildman–Crippen MR) is 114 cm³/mol. The maximum absolute atomic E-state index is 13.3. The van der Waals surface area contributed by atoms with Gasteiger partial charge in [-0.05, 0) is 68.5 Å². The van der Waals surface area contributed by atoms with Gasteiger partial charge in [-0.15, -0.1) is 0 Å². The lowest BCUT2D eigenvalue weighted by Gasteiger charge is -2.25.